The van der Waals surface area contributed by atoms with E-state index in [4.69, 9.17) is 4.99 Å². The molecule has 0 aromatic heterocycles. The molecule has 0 saturated carbocycles. The van der Waals surface area contributed by atoms with E-state index >= 15 is 0 Å². The highest BCUT2D eigenvalue weighted by atomic mass is 19.3. The van der Waals surface area contributed by atoms with Crippen LogP contribution in [0.25, 0.3) is 0 Å². The van der Waals surface area contributed by atoms with E-state index in [1.807, 2.05) is 22.3 Å². The zero-order chi connectivity index (χ0) is 23.7. The van der Waals surface area contributed by atoms with Crippen LogP contribution >= 0.6 is 0 Å². The molecule has 2 atom stereocenters. The van der Waals surface area contributed by atoms with E-state index < -0.39 is 6.61 Å². The van der Waals surface area contributed by atoms with Gasteiger partial charge in [-0.2, -0.15) is 13.9 Å². The molecule has 0 N–H and O–H groups in total. The van der Waals surface area contributed by atoms with Gasteiger partial charge in [0, 0.05) is 55.1 Å². The van der Waals surface area contributed by atoms with E-state index in [-0.39, 0.29) is 23.6 Å². The molecule has 2 fully saturated rings. The average Bonchev–Trinajstić information content (AvgIpc) is 3.38. The van der Waals surface area contributed by atoms with Crippen LogP contribution in [0, 0.1) is 5.92 Å². The Labute approximate surface area is 198 Å². The van der Waals surface area contributed by atoms with Crippen LogP contribution in [0.5, 0.6) is 5.75 Å². The van der Waals surface area contributed by atoms with Crippen molar-refractivity contribution >= 4 is 18.0 Å². The topological polar surface area (TPSA) is 60.7 Å². The van der Waals surface area contributed by atoms with Gasteiger partial charge in [-0.1, -0.05) is 0 Å². The summed E-state index contributed by atoms with van der Waals surface area (Å²) in [5.41, 5.74) is 1.56. The van der Waals surface area contributed by atoms with Crippen molar-refractivity contribution in [3.63, 3.8) is 0 Å². The number of likely N-dealkylation sites (tertiary alicyclic amines) is 2. The van der Waals surface area contributed by atoms with Gasteiger partial charge in [-0.15, -0.1) is 0 Å². The molecule has 1 aromatic rings. The SMILES string of the molecule is CC1=CN2N=CC([C@@H]3CCCCN3C(=O)c3ccc(OC(F)F)cc3)C=C2N=C1N1CCCC1. The minimum absolute atomic E-state index is 0.0333. The number of carbonyl (C=O) groups is 1. The molecule has 4 aliphatic rings. The first-order valence-corrected chi connectivity index (χ1v) is 11.9. The standard InChI is InChI=1S/C25H29F2N5O2/c1-17-16-32-22(29-23(17)30-11-4-5-12-30)14-19(15-28-32)21-6-2-3-13-31(21)24(33)18-7-9-20(10-8-18)34-25(26)27/h7-10,14-16,19,21,25H,2-6,11-13H2,1H3/t19?,21-/m0/s1. The Balaban J connectivity index is 1.36. The number of piperidine rings is 1. The number of benzene rings is 1. The highest BCUT2D eigenvalue weighted by Crippen LogP contribution is 2.31. The van der Waals surface area contributed by atoms with Crippen molar-refractivity contribution in [2.24, 2.45) is 16.0 Å². The number of nitrogens with zero attached hydrogens (tertiary/aromatic N) is 5. The van der Waals surface area contributed by atoms with Crippen molar-refractivity contribution in [1.82, 2.24) is 14.8 Å². The van der Waals surface area contributed by atoms with Gasteiger partial charge in [-0.3, -0.25) is 4.79 Å². The molecule has 34 heavy (non-hydrogen) atoms. The molecule has 4 aliphatic heterocycles. The number of hydrogen-bond acceptors (Lipinski definition) is 6. The largest absolute Gasteiger partial charge is 0.435 e. The zero-order valence-electron chi connectivity index (χ0n) is 19.2. The van der Waals surface area contributed by atoms with Crippen molar-refractivity contribution in [2.75, 3.05) is 19.6 Å². The molecule has 1 unspecified atom stereocenters. The van der Waals surface area contributed by atoms with E-state index in [2.05, 4.69) is 27.7 Å². The van der Waals surface area contributed by atoms with Gasteiger partial charge >= 0.3 is 6.61 Å². The number of alkyl halides is 2. The molecule has 0 aliphatic carbocycles. The molecule has 0 bridgehead atoms. The Hall–Kier alpha value is -3.23. The van der Waals surface area contributed by atoms with E-state index in [0.717, 1.165) is 49.6 Å². The quantitative estimate of drug-likeness (QED) is 0.654. The summed E-state index contributed by atoms with van der Waals surface area (Å²) in [4.78, 5) is 22.5. The maximum Gasteiger partial charge on any atom is 0.387 e. The maximum absolute atomic E-state index is 13.4. The number of hydrogen-bond donors (Lipinski definition) is 0. The van der Waals surface area contributed by atoms with Crippen molar-refractivity contribution in [1.29, 1.82) is 0 Å². The molecule has 7 nitrogen and oxygen atoms in total. The van der Waals surface area contributed by atoms with Crippen LogP contribution in [-0.2, 0) is 0 Å². The van der Waals surface area contributed by atoms with Crippen LogP contribution in [0.15, 0.2) is 58.0 Å². The summed E-state index contributed by atoms with van der Waals surface area (Å²) in [6.45, 7) is 1.87. The summed E-state index contributed by atoms with van der Waals surface area (Å²) < 4.78 is 29.3. The highest BCUT2D eigenvalue weighted by Gasteiger charge is 2.35. The van der Waals surface area contributed by atoms with Crippen molar-refractivity contribution in [2.45, 2.75) is 51.7 Å². The lowest BCUT2D eigenvalue weighted by Crippen LogP contribution is -2.48. The number of hydrazone groups is 1. The van der Waals surface area contributed by atoms with E-state index in [1.165, 1.54) is 25.0 Å². The third kappa shape index (κ3) is 4.56. The molecule has 4 heterocycles. The minimum atomic E-state index is -2.89. The monoisotopic (exact) mass is 469 g/mol. The van der Waals surface area contributed by atoms with E-state index in [0.29, 0.717) is 12.1 Å². The third-order valence-electron chi connectivity index (χ3n) is 6.81. The Bertz CT molecular complexity index is 1040. The van der Waals surface area contributed by atoms with Crippen LogP contribution in [0.3, 0.4) is 0 Å². The molecule has 1 amide bonds. The lowest BCUT2D eigenvalue weighted by molar-refractivity contribution is -0.0498. The number of rotatable bonds is 4. The van der Waals surface area contributed by atoms with Crippen LogP contribution < -0.4 is 4.74 Å². The molecule has 0 spiro atoms. The maximum atomic E-state index is 13.4. The molecular weight excluding hydrogens is 440 g/mol. The Kier molecular flexibility index (Phi) is 6.34. The lowest BCUT2D eigenvalue weighted by atomic mass is 9.89. The highest BCUT2D eigenvalue weighted by molar-refractivity contribution is 5.99. The fourth-order valence-corrected chi connectivity index (χ4v) is 5.14. The van der Waals surface area contributed by atoms with Gasteiger partial charge in [0.25, 0.3) is 5.91 Å². The summed E-state index contributed by atoms with van der Waals surface area (Å²) in [5.74, 6) is 1.69. The molecule has 1 aromatic carbocycles. The fourth-order valence-electron chi connectivity index (χ4n) is 5.14. The number of halogens is 2. The summed E-state index contributed by atoms with van der Waals surface area (Å²) in [6.07, 6.45) is 11.2. The molecule has 2 saturated heterocycles. The number of amides is 1. The van der Waals surface area contributed by atoms with Gasteiger partial charge in [0.2, 0.25) is 0 Å². The van der Waals surface area contributed by atoms with Crippen molar-refractivity contribution < 1.29 is 18.3 Å². The second kappa shape index (κ2) is 9.56. The summed E-state index contributed by atoms with van der Waals surface area (Å²) in [6, 6.07) is 5.87. The number of ether oxygens (including phenoxy) is 1. The first-order chi connectivity index (χ1) is 16.5. The average molecular weight is 470 g/mol. The predicted octanol–water partition coefficient (Wildman–Crippen LogP) is 4.45. The Morgan fingerprint density at radius 2 is 1.82 bits per heavy atom. The molecule has 180 valence electrons. The Morgan fingerprint density at radius 1 is 1.09 bits per heavy atom. The van der Waals surface area contributed by atoms with E-state index in [1.54, 1.807) is 12.1 Å². The molecule has 5 rings (SSSR count). The van der Waals surface area contributed by atoms with E-state index in [9.17, 15) is 13.6 Å². The van der Waals surface area contributed by atoms with Gasteiger partial charge < -0.3 is 14.5 Å². The van der Waals surface area contributed by atoms with Gasteiger partial charge in [0.15, 0.2) is 5.82 Å². The normalized spacial score (nSPS) is 24.6. The summed E-state index contributed by atoms with van der Waals surface area (Å²) in [7, 11) is 0. The second-order valence-electron chi connectivity index (χ2n) is 9.12. The van der Waals surface area contributed by atoms with Crippen molar-refractivity contribution in [3.8, 4) is 5.75 Å². The molecule has 9 heteroatoms. The smallest absolute Gasteiger partial charge is 0.387 e. The number of carbonyl (C=O) groups excluding carboxylic acids is 1. The van der Waals surface area contributed by atoms with Gasteiger partial charge in [0.1, 0.15) is 11.6 Å². The van der Waals surface area contributed by atoms with Crippen LogP contribution in [0.1, 0.15) is 49.4 Å². The van der Waals surface area contributed by atoms with Gasteiger partial charge in [0.05, 0.1) is 0 Å². The van der Waals surface area contributed by atoms with Gasteiger partial charge in [-0.05, 0) is 69.4 Å². The lowest BCUT2D eigenvalue weighted by Gasteiger charge is -2.40. The predicted molar refractivity (Wildman–Crippen MR) is 126 cm³/mol. The summed E-state index contributed by atoms with van der Waals surface area (Å²) in [5, 5.41) is 6.45. The number of amidine groups is 1. The Morgan fingerprint density at radius 3 is 2.56 bits per heavy atom. The molecule has 0 radical (unpaired) electrons. The van der Waals surface area contributed by atoms with Crippen LogP contribution in [-0.4, -0.2) is 65.1 Å². The fraction of sp³-hybridized carbons (Fsp3) is 0.480. The molecular formula is C25H29F2N5O2. The van der Waals surface area contributed by atoms with Gasteiger partial charge in [-0.25, -0.2) is 10.0 Å². The first-order valence-electron chi connectivity index (χ1n) is 11.9. The summed E-state index contributed by atoms with van der Waals surface area (Å²) >= 11 is 0. The minimum Gasteiger partial charge on any atom is -0.435 e. The number of aliphatic imine (C=N–C) groups is 1. The second-order valence-corrected chi connectivity index (χ2v) is 9.12. The first kappa shape index (κ1) is 22.6. The van der Waals surface area contributed by atoms with Crippen LogP contribution in [0.4, 0.5) is 8.78 Å². The number of fused-ring (bicyclic) bond motifs is 1. The third-order valence-corrected chi connectivity index (χ3v) is 6.81. The zero-order valence-corrected chi connectivity index (χ0v) is 19.2. The van der Waals surface area contributed by atoms with Crippen molar-refractivity contribution in [3.05, 3.63) is 53.5 Å². The van der Waals surface area contributed by atoms with Crippen LogP contribution in [0.2, 0.25) is 0 Å².